The van der Waals surface area contributed by atoms with Gasteiger partial charge < -0.3 is 28.4 Å². The molecular formula is C132H118N2O12. The second-order valence-electron chi connectivity index (χ2n) is 46.5. The molecule has 0 bridgehead atoms. The van der Waals surface area contributed by atoms with Crippen LogP contribution in [0.5, 0.6) is 57.5 Å². The van der Waals surface area contributed by atoms with Gasteiger partial charge in [0, 0.05) is 77.9 Å². The molecule has 146 heavy (non-hydrogen) atoms. The third-order valence-electron chi connectivity index (χ3n) is 31.1. The summed E-state index contributed by atoms with van der Waals surface area (Å²) in [7, 11) is 0. The van der Waals surface area contributed by atoms with Crippen molar-refractivity contribution < 1.29 is 57.2 Å². The maximum atomic E-state index is 16.5. The van der Waals surface area contributed by atoms with E-state index in [1.165, 1.54) is 9.80 Å². The molecule has 4 atom stereocenters. The molecule has 2 heterocycles. The first-order chi connectivity index (χ1) is 69.3. The van der Waals surface area contributed by atoms with Gasteiger partial charge in [0.2, 0.25) is 0 Å². The lowest BCUT2D eigenvalue weighted by Gasteiger charge is -2.34. The third-order valence-corrected chi connectivity index (χ3v) is 31.1. The summed E-state index contributed by atoms with van der Waals surface area (Å²) in [5.41, 5.74) is 17.9. The van der Waals surface area contributed by atoms with Gasteiger partial charge in [-0.1, -0.05) is 297 Å². The van der Waals surface area contributed by atoms with Gasteiger partial charge in [-0.05, 0) is 288 Å². The van der Waals surface area contributed by atoms with E-state index in [2.05, 4.69) is 242 Å². The summed E-state index contributed by atoms with van der Waals surface area (Å²) in [6.07, 6.45) is 19.6. The Morgan fingerprint density at radius 2 is 0.479 bits per heavy atom. The van der Waals surface area contributed by atoms with Crippen LogP contribution < -0.4 is 38.2 Å². The third kappa shape index (κ3) is 14.9. The minimum absolute atomic E-state index is 0.0375. The number of anilines is 2. The molecule has 0 radical (unpaired) electrons. The van der Waals surface area contributed by atoms with Crippen LogP contribution in [0, 0.1) is 23.7 Å². The van der Waals surface area contributed by atoms with Crippen LogP contribution in [-0.4, -0.2) is 35.6 Å². The van der Waals surface area contributed by atoms with E-state index in [0.29, 0.717) is 101 Å². The molecule has 14 heteroatoms. The van der Waals surface area contributed by atoms with Crippen LogP contribution in [0.3, 0.4) is 0 Å². The Morgan fingerprint density at radius 3 is 0.678 bits per heavy atom. The summed E-state index contributed by atoms with van der Waals surface area (Å²) >= 11 is 0. The molecule has 16 aromatic carbocycles. The summed E-state index contributed by atoms with van der Waals surface area (Å²) in [6.45, 7) is 53.2. The molecule has 5 aliphatic carbocycles. The lowest BCUT2D eigenvalue weighted by molar-refractivity contribution is -0.130. The van der Waals surface area contributed by atoms with Crippen molar-refractivity contribution in [2.24, 2.45) is 23.7 Å². The first-order valence-corrected chi connectivity index (χ1v) is 51.2. The number of rotatable bonds is 18. The number of allylic oxidation sites excluding steroid dienone is 12. The molecule has 0 spiro atoms. The van der Waals surface area contributed by atoms with Crippen LogP contribution in [0.1, 0.15) is 284 Å². The van der Waals surface area contributed by atoms with Crippen molar-refractivity contribution in [2.75, 3.05) is 9.80 Å². The zero-order chi connectivity index (χ0) is 103. The maximum absolute atomic E-state index is 16.5. The van der Waals surface area contributed by atoms with Crippen LogP contribution >= 0.6 is 0 Å². The second-order valence-corrected chi connectivity index (χ2v) is 46.5. The second kappa shape index (κ2) is 33.5. The summed E-state index contributed by atoms with van der Waals surface area (Å²) in [5.74, 6) is 0.202. The van der Waals surface area contributed by atoms with Gasteiger partial charge in [-0.25, -0.2) is 19.4 Å². The monoisotopic (exact) mass is 1920 g/mol. The Balaban J connectivity index is 0.677. The van der Waals surface area contributed by atoms with Crippen molar-refractivity contribution >= 4 is 155 Å². The fourth-order valence-electron chi connectivity index (χ4n) is 23.5. The molecule has 0 N–H and O–H groups in total. The van der Waals surface area contributed by atoms with E-state index in [4.69, 9.17) is 28.4 Å². The molecule has 0 aromatic heterocycles. The van der Waals surface area contributed by atoms with Gasteiger partial charge >= 0.3 is 11.9 Å². The van der Waals surface area contributed by atoms with E-state index in [1.54, 1.807) is 38.1 Å². The number of esters is 2. The van der Waals surface area contributed by atoms with Gasteiger partial charge in [0.05, 0.1) is 33.6 Å². The molecular weight excluding hydrogens is 1810 g/mol. The summed E-state index contributed by atoms with van der Waals surface area (Å²) in [6, 6.07) is 65.1. The minimum Gasteiger partial charge on any atom is -0.457 e. The Hall–Kier alpha value is -15.5. The Kier molecular flexibility index (Phi) is 21.6. The number of amides is 4. The number of carbonyl (C=O) groups excluding carboxylic acids is 6. The first-order valence-electron chi connectivity index (χ1n) is 51.2. The molecule has 14 nitrogen and oxygen atoms in total. The van der Waals surface area contributed by atoms with Crippen molar-refractivity contribution in [3.05, 3.63) is 356 Å². The topological polar surface area (TPSA) is 164 Å². The predicted molar refractivity (Wildman–Crippen MR) is 593 cm³/mol. The van der Waals surface area contributed by atoms with E-state index in [1.807, 2.05) is 128 Å². The van der Waals surface area contributed by atoms with E-state index >= 15 is 19.2 Å². The number of benzene rings is 16. The van der Waals surface area contributed by atoms with E-state index in [-0.39, 0.29) is 114 Å². The van der Waals surface area contributed by atoms with E-state index < -0.39 is 35.6 Å². The van der Waals surface area contributed by atoms with Crippen LogP contribution in [0.2, 0.25) is 0 Å². The van der Waals surface area contributed by atoms with Gasteiger partial charge in [-0.2, -0.15) is 0 Å². The van der Waals surface area contributed by atoms with Crippen LogP contribution in [0.15, 0.2) is 267 Å². The molecule has 4 amide bonds. The summed E-state index contributed by atoms with van der Waals surface area (Å²) in [4.78, 5) is 95.4. The fourth-order valence-corrected chi connectivity index (χ4v) is 23.5. The van der Waals surface area contributed by atoms with Crippen LogP contribution in [0.4, 0.5) is 11.4 Å². The number of nitrogens with zero attached hydrogens (tertiary/aromatic N) is 2. The molecule has 0 fully saturated rings. The standard InChI is InChI=1S/C132H118N2O12/c1-65(2)93-57-83(145-127(139)69(9)10)58-94(66(3)4)121(93)133-123(135)101-61-105(141-79-37-29-75(30-38-79)129(13,14)15)115-89-49-45-85-97-53-71-25-27-73-55-99-87-47-51-91-112-92(52-48-88(110(87)112)100(99)56-74(73)28-26-72(71)54-98(97)86-46-50-90(111(89)109(85)86)116-106(62-102(124(133)136)113(101)119(115)116)142-80-39-31-76(32-40-80)130(16,17)18)118-108(144-82-43-35-78(36-44-82)132(22,23)24)64-104-114-103(63-107(117(91)120(114)118)143-81-41-33-77(34-42-81)131(19,20)21)125(137)134(126(104)138)122-95(67(5)6)59-84(60-96(122)68(7)8)146-128(140)70(11)12/h25-68,71-74H,9,11H2,1-8,10,12-24H3/b27-25-,28-26-/t71-,72?,73+,74?. The first kappa shape index (κ1) is 94.1. The highest BCUT2D eigenvalue weighted by atomic mass is 16.5. The molecule has 728 valence electrons. The van der Waals surface area contributed by atoms with Gasteiger partial charge in [0.15, 0.2) is 0 Å². The SMILES string of the molecule is C=C(C)C(=O)Oc1cc(C(C)C)c(N2C(=O)c3cc(Oc4ccc(C(C)(C)C)cc4)c4c5ccc6c7c(ccc(c8c(Oc9ccc(C(C)(C)C)cc9)cc(c3c48)C2=O)c75)C2=C[C@@H]3/C=C\[C@@H]4C=C5C(=CC4/C=C\C3C=C26)c2ccc3c4c(Oc6ccc(C(C)(C)C)cc6)cc6c7c(cc(Oc8ccc(C(C)(C)C)cc8)c(c8ccc5c2c38)c74)C(=O)N(c2c(C(C)C)cc(OC(=O)C(=C)C)cc2C(C)C)C6=O)c(C(C)C)c1. The lowest BCUT2D eigenvalue weighted by atomic mass is 9.75. The highest BCUT2D eigenvalue weighted by Crippen LogP contribution is 2.63. The number of imide groups is 2. The van der Waals surface area contributed by atoms with Gasteiger partial charge in [0.1, 0.15) is 57.5 Å². The Labute approximate surface area is 851 Å². The van der Waals surface area contributed by atoms with Gasteiger partial charge in [-0.15, -0.1) is 0 Å². The average molecular weight is 1920 g/mol. The highest BCUT2D eigenvalue weighted by molar-refractivity contribution is 6.48. The number of hydrogen-bond acceptors (Lipinski definition) is 12. The molecule has 2 aliphatic heterocycles. The van der Waals surface area contributed by atoms with E-state index in [0.717, 1.165) is 131 Å². The normalized spacial score (nSPS) is 17.4. The molecule has 0 saturated heterocycles. The summed E-state index contributed by atoms with van der Waals surface area (Å²) < 4.78 is 41.5. The van der Waals surface area contributed by atoms with Crippen molar-refractivity contribution in [3.8, 4) is 57.5 Å². The Bertz CT molecular complexity index is 7790. The molecule has 0 saturated carbocycles. The zero-order valence-corrected chi connectivity index (χ0v) is 86.9. The molecule has 2 unspecified atom stereocenters. The fraction of sp³-hybridized carbons (Fsp3) is 0.258. The lowest BCUT2D eigenvalue weighted by Crippen LogP contribution is -2.42. The van der Waals surface area contributed by atoms with Gasteiger partial charge in [-0.3, -0.25) is 19.2 Å². The minimum atomic E-state index is -0.582. The van der Waals surface area contributed by atoms with Crippen molar-refractivity contribution in [3.63, 3.8) is 0 Å². The summed E-state index contributed by atoms with van der Waals surface area (Å²) in [5, 5.41) is 13.0. The Morgan fingerprint density at radius 1 is 0.267 bits per heavy atom. The zero-order valence-electron chi connectivity index (χ0n) is 86.9. The quantitative estimate of drug-likeness (QED) is 0.0152. The number of fused-ring (bicyclic) bond motifs is 12. The van der Waals surface area contributed by atoms with E-state index in [9.17, 15) is 9.59 Å². The van der Waals surface area contributed by atoms with Gasteiger partial charge in [0.25, 0.3) is 23.6 Å². The van der Waals surface area contributed by atoms with Crippen LogP contribution in [0.25, 0.3) is 108 Å². The number of ether oxygens (including phenoxy) is 6. The maximum Gasteiger partial charge on any atom is 0.338 e. The predicted octanol–water partition coefficient (Wildman–Crippen LogP) is 34.1. The average Bonchev–Trinajstić information content (AvgIpc) is 1.00. The molecule has 7 aliphatic rings. The van der Waals surface area contributed by atoms with Crippen LogP contribution in [-0.2, 0) is 31.2 Å². The number of hydrogen-bond donors (Lipinski definition) is 0. The largest absolute Gasteiger partial charge is 0.457 e. The van der Waals surface area contributed by atoms with Crippen molar-refractivity contribution in [1.29, 1.82) is 0 Å². The highest BCUT2D eigenvalue weighted by Gasteiger charge is 2.46. The smallest absolute Gasteiger partial charge is 0.338 e. The van der Waals surface area contributed by atoms with Crippen molar-refractivity contribution in [2.45, 2.75) is 198 Å². The molecule has 23 rings (SSSR count). The van der Waals surface area contributed by atoms with Crippen molar-refractivity contribution in [1.82, 2.24) is 0 Å². The number of carbonyl (C=O) groups is 6. The molecule has 16 aromatic rings.